The summed E-state index contributed by atoms with van der Waals surface area (Å²) in [5, 5.41) is 7.64. The van der Waals surface area contributed by atoms with Crippen LogP contribution < -0.4 is 5.32 Å². The highest BCUT2D eigenvalue weighted by molar-refractivity contribution is 5.93. The molecule has 0 aromatic carbocycles. The first-order valence-corrected chi connectivity index (χ1v) is 8.10. The van der Waals surface area contributed by atoms with Crippen molar-refractivity contribution >= 4 is 5.91 Å². The van der Waals surface area contributed by atoms with Gasteiger partial charge in [-0.15, -0.1) is 0 Å². The molecule has 0 aliphatic heterocycles. The number of aryl methyl sites for hydroxylation is 1. The Morgan fingerprint density at radius 3 is 2.71 bits per heavy atom. The Labute approximate surface area is 127 Å². The van der Waals surface area contributed by atoms with Crippen molar-refractivity contribution in [2.24, 2.45) is 0 Å². The third-order valence-electron chi connectivity index (χ3n) is 4.15. The van der Waals surface area contributed by atoms with Crippen LogP contribution in [0.1, 0.15) is 75.5 Å². The molecule has 0 saturated carbocycles. The normalized spacial score (nSPS) is 16.7. The summed E-state index contributed by atoms with van der Waals surface area (Å²) >= 11 is 0. The Hall–Kier alpha value is -1.58. The highest BCUT2D eigenvalue weighted by Gasteiger charge is 2.19. The van der Waals surface area contributed by atoms with Crippen LogP contribution in [0.4, 0.5) is 0 Å². The van der Waals surface area contributed by atoms with E-state index in [1.807, 2.05) is 13.0 Å². The van der Waals surface area contributed by atoms with E-state index in [9.17, 15) is 4.79 Å². The molecule has 0 radical (unpaired) electrons. The van der Waals surface area contributed by atoms with Crippen molar-refractivity contribution in [3.63, 3.8) is 0 Å². The lowest BCUT2D eigenvalue weighted by atomic mass is 9.94. The zero-order valence-corrected chi connectivity index (χ0v) is 13.6. The van der Waals surface area contributed by atoms with Crippen molar-refractivity contribution in [3.05, 3.63) is 29.1 Å². The Kier molecular flexibility index (Phi) is 5.21. The second-order valence-electron chi connectivity index (χ2n) is 6.14. The van der Waals surface area contributed by atoms with Gasteiger partial charge in [0.1, 0.15) is 5.69 Å². The molecule has 1 aromatic heterocycles. The van der Waals surface area contributed by atoms with Crippen molar-refractivity contribution in [1.82, 2.24) is 15.1 Å². The molecule has 1 aliphatic rings. The summed E-state index contributed by atoms with van der Waals surface area (Å²) in [6, 6.07) is 2.03. The monoisotopic (exact) mass is 289 g/mol. The highest BCUT2D eigenvalue weighted by atomic mass is 16.2. The molecule has 1 aromatic rings. The zero-order chi connectivity index (χ0) is 15.4. The number of nitrogens with one attached hydrogen (secondary N) is 1. The van der Waals surface area contributed by atoms with Gasteiger partial charge in [-0.3, -0.25) is 9.48 Å². The predicted molar refractivity (Wildman–Crippen MR) is 85.5 cm³/mol. The summed E-state index contributed by atoms with van der Waals surface area (Å²) < 4.78 is 1.80. The number of aromatic nitrogens is 2. The van der Waals surface area contributed by atoms with Crippen molar-refractivity contribution in [2.75, 3.05) is 0 Å². The topological polar surface area (TPSA) is 46.9 Å². The molecule has 0 fully saturated rings. The van der Waals surface area contributed by atoms with E-state index >= 15 is 0 Å². The molecule has 21 heavy (non-hydrogen) atoms. The summed E-state index contributed by atoms with van der Waals surface area (Å²) in [6.45, 7) is 9.00. The van der Waals surface area contributed by atoms with Gasteiger partial charge in [0.2, 0.25) is 0 Å². The number of allylic oxidation sites excluding steroid dienone is 1. The average molecular weight is 289 g/mol. The summed E-state index contributed by atoms with van der Waals surface area (Å²) in [5.41, 5.74) is 3.01. The maximum Gasteiger partial charge on any atom is 0.270 e. The zero-order valence-electron chi connectivity index (χ0n) is 13.6. The fraction of sp³-hybridized carbons (Fsp3) is 0.647. The minimum Gasteiger partial charge on any atom is -0.345 e. The summed E-state index contributed by atoms with van der Waals surface area (Å²) in [7, 11) is 0. The molecular formula is C17H27N3O. The molecule has 1 amide bonds. The first kappa shape index (κ1) is 15.8. The van der Waals surface area contributed by atoms with Gasteiger partial charge >= 0.3 is 0 Å². The molecule has 0 saturated heterocycles. The van der Waals surface area contributed by atoms with Crippen molar-refractivity contribution in [3.8, 4) is 0 Å². The average Bonchev–Trinajstić information content (AvgIpc) is 2.92. The van der Waals surface area contributed by atoms with E-state index in [-0.39, 0.29) is 11.9 Å². The second kappa shape index (κ2) is 6.92. The van der Waals surface area contributed by atoms with E-state index in [1.54, 1.807) is 4.68 Å². The van der Waals surface area contributed by atoms with Gasteiger partial charge in [0.05, 0.1) is 5.69 Å². The standard InChI is InChI=1S/C17H27N3O/c1-5-20-16(11-15(19-20)12(2)3)17(21)18-13(4)14-9-7-6-8-10-14/h9,11-13H,5-8,10H2,1-4H3,(H,18,21)/t13-/m1/s1. The number of hydrogen-bond donors (Lipinski definition) is 1. The molecule has 116 valence electrons. The Morgan fingerprint density at radius 2 is 2.14 bits per heavy atom. The van der Waals surface area contributed by atoms with Gasteiger partial charge < -0.3 is 5.32 Å². The van der Waals surface area contributed by atoms with E-state index < -0.39 is 0 Å². The van der Waals surface area contributed by atoms with Gasteiger partial charge in [-0.05, 0) is 51.5 Å². The van der Waals surface area contributed by atoms with E-state index in [1.165, 1.54) is 18.4 Å². The van der Waals surface area contributed by atoms with Crippen LogP contribution in [0.2, 0.25) is 0 Å². The van der Waals surface area contributed by atoms with Crippen LogP contribution in [0.5, 0.6) is 0 Å². The number of amides is 1. The van der Waals surface area contributed by atoms with E-state index in [4.69, 9.17) is 0 Å². The Morgan fingerprint density at radius 1 is 1.38 bits per heavy atom. The van der Waals surface area contributed by atoms with E-state index in [2.05, 4.69) is 37.3 Å². The molecule has 0 bridgehead atoms. The lowest BCUT2D eigenvalue weighted by molar-refractivity contribution is 0.0934. The summed E-state index contributed by atoms with van der Waals surface area (Å²) in [4.78, 5) is 12.5. The fourth-order valence-electron chi connectivity index (χ4n) is 2.76. The van der Waals surface area contributed by atoms with Gasteiger partial charge in [0.15, 0.2) is 0 Å². The molecule has 1 aliphatic carbocycles. The van der Waals surface area contributed by atoms with E-state index in [0.29, 0.717) is 18.2 Å². The minimum absolute atomic E-state index is 0.0183. The van der Waals surface area contributed by atoms with Crippen LogP contribution >= 0.6 is 0 Å². The molecule has 4 nitrogen and oxygen atoms in total. The third-order valence-corrected chi connectivity index (χ3v) is 4.15. The molecule has 1 N–H and O–H groups in total. The number of carbonyl (C=O) groups is 1. The number of rotatable bonds is 5. The smallest absolute Gasteiger partial charge is 0.270 e. The molecule has 4 heteroatoms. The number of carbonyl (C=O) groups excluding carboxylic acids is 1. The van der Waals surface area contributed by atoms with Crippen LogP contribution in [-0.2, 0) is 6.54 Å². The van der Waals surface area contributed by atoms with Crippen LogP contribution in [-0.4, -0.2) is 21.7 Å². The predicted octanol–water partition coefficient (Wildman–Crippen LogP) is 3.65. The minimum atomic E-state index is -0.0183. The maximum atomic E-state index is 12.5. The van der Waals surface area contributed by atoms with Crippen molar-refractivity contribution in [2.45, 2.75) is 71.9 Å². The lowest BCUT2D eigenvalue weighted by Crippen LogP contribution is -2.35. The third kappa shape index (κ3) is 3.74. The van der Waals surface area contributed by atoms with Gasteiger partial charge in [0.25, 0.3) is 5.91 Å². The summed E-state index contributed by atoms with van der Waals surface area (Å²) in [6.07, 6.45) is 7.03. The van der Waals surface area contributed by atoms with Gasteiger partial charge in [-0.2, -0.15) is 5.10 Å². The number of hydrogen-bond acceptors (Lipinski definition) is 2. The first-order valence-electron chi connectivity index (χ1n) is 8.10. The fourth-order valence-corrected chi connectivity index (χ4v) is 2.76. The van der Waals surface area contributed by atoms with Gasteiger partial charge in [0, 0.05) is 12.6 Å². The maximum absolute atomic E-state index is 12.5. The van der Waals surface area contributed by atoms with Crippen molar-refractivity contribution in [1.29, 1.82) is 0 Å². The Bertz CT molecular complexity index is 528. The summed E-state index contributed by atoms with van der Waals surface area (Å²) in [5.74, 6) is 0.318. The van der Waals surface area contributed by atoms with E-state index in [0.717, 1.165) is 18.5 Å². The van der Waals surface area contributed by atoms with Crippen LogP contribution in [0.3, 0.4) is 0 Å². The van der Waals surface area contributed by atoms with Crippen LogP contribution in [0.15, 0.2) is 17.7 Å². The largest absolute Gasteiger partial charge is 0.345 e. The molecule has 1 atom stereocenters. The van der Waals surface area contributed by atoms with Gasteiger partial charge in [-0.25, -0.2) is 0 Å². The van der Waals surface area contributed by atoms with Crippen LogP contribution in [0.25, 0.3) is 0 Å². The lowest BCUT2D eigenvalue weighted by Gasteiger charge is -2.20. The SMILES string of the molecule is CCn1nc(C(C)C)cc1C(=O)N[C@H](C)C1=CCCCC1. The molecule has 0 spiro atoms. The quantitative estimate of drug-likeness (QED) is 0.841. The number of nitrogens with zero attached hydrogens (tertiary/aromatic N) is 2. The molecule has 0 unspecified atom stereocenters. The molecule has 1 heterocycles. The van der Waals surface area contributed by atoms with Gasteiger partial charge in [-0.1, -0.05) is 25.5 Å². The van der Waals surface area contributed by atoms with Crippen molar-refractivity contribution < 1.29 is 4.79 Å². The first-order chi connectivity index (χ1) is 10.0. The molecule has 2 rings (SSSR count). The second-order valence-corrected chi connectivity index (χ2v) is 6.14. The highest BCUT2D eigenvalue weighted by Crippen LogP contribution is 2.21. The Balaban J connectivity index is 2.10. The molecular weight excluding hydrogens is 262 g/mol. The van der Waals surface area contributed by atoms with Crippen LogP contribution in [0, 0.1) is 0 Å².